The van der Waals surface area contributed by atoms with Gasteiger partial charge in [0.15, 0.2) is 11.7 Å². The zero-order valence-electron chi connectivity index (χ0n) is 17.4. The maximum atomic E-state index is 12.3. The van der Waals surface area contributed by atoms with Crippen LogP contribution in [-0.4, -0.2) is 28.6 Å². The van der Waals surface area contributed by atoms with E-state index in [0.717, 1.165) is 43.9 Å². The summed E-state index contributed by atoms with van der Waals surface area (Å²) in [6.45, 7) is 1.85. The van der Waals surface area contributed by atoms with Crippen LogP contribution in [0, 0.1) is 6.92 Å². The van der Waals surface area contributed by atoms with Gasteiger partial charge in [0.05, 0.1) is 15.1 Å². The first-order valence-electron chi connectivity index (χ1n) is 10.0. The number of carbonyl (C=O) groups excluding carboxylic acids is 3. The number of nitrogens with zero attached hydrogens (tertiary/aromatic N) is 1. The van der Waals surface area contributed by atoms with Gasteiger partial charge in [-0.25, -0.2) is 4.98 Å². The first-order chi connectivity index (χ1) is 15.9. The van der Waals surface area contributed by atoms with Crippen LogP contribution in [0.15, 0.2) is 59.5 Å². The van der Waals surface area contributed by atoms with Crippen molar-refractivity contribution in [2.75, 3.05) is 11.9 Å². The normalized spacial score (nSPS) is 14.8. The van der Waals surface area contributed by atoms with E-state index in [-0.39, 0.29) is 23.7 Å². The lowest BCUT2D eigenvalue weighted by atomic mass is 10.1. The molecule has 2 N–H and O–H groups in total. The molecular weight excluding hydrogens is 458 g/mol. The molecule has 1 aliphatic heterocycles. The Morgan fingerprint density at radius 3 is 2.73 bits per heavy atom. The average Bonchev–Trinajstić information content (AvgIpc) is 3.34. The number of ether oxygens (including phenoxy) is 1. The van der Waals surface area contributed by atoms with Crippen molar-refractivity contribution in [3.63, 3.8) is 0 Å². The Bertz CT molecular complexity index is 1480. The van der Waals surface area contributed by atoms with Gasteiger partial charge >= 0.3 is 0 Å². The molecule has 0 saturated carbocycles. The lowest BCUT2D eigenvalue weighted by Gasteiger charge is -2.07. The number of imide groups is 1. The quantitative estimate of drug-likeness (QED) is 0.390. The molecule has 1 aromatic heterocycles. The molecule has 1 aliphatic rings. The summed E-state index contributed by atoms with van der Waals surface area (Å²) in [6, 6.07) is 17.1. The number of hydrogen-bond acceptors (Lipinski definition) is 7. The van der Waals surface area contributed by atoms with E-state index in [1.54, 1.807) is 12.1 Å². The zero-order chi connectivity index (χ0) is 22.9. The molecule has 0 spiro atoms. The molecule has 9 heteroatoms. The second-order valence-corrected chi connectivity index (χ2v) is 9.44. The van der Waals surface area contributed by atoms with Gasteiger partial charge in [0, 0.05) is 0 Å². The fourth-order valence-electron chi connectivity index (χ4n) is 3.44. The number of hydrogen-bond donors (Lipinski definition) is 2. The van der Waals surface area contributed by atoms with Crippen LogP contribution in [-0.2, 0) is 9.59 Å². The highest BCUT2D eigenvalue weighted by Crippen LogP contribution is 2.29. The molecule has 3 aromatic carbocycles. The van der Waals surface area contributed by atoms with Gasteiger partial charge in [0.2, 0.25) is 0 Å². The van der Waals surface area contributed by atoms with Crippen molar-refractivity contribution in [3.8, 4) is 5.75 Å². The molecule has 5 rings (SSSR count). The van der Waals surface area contributed by atoms with Crippen molar-refractivity contribution >= 4 is 72.3 Å². The number of thioether (sulfide) groups is 1. The fourth-order valence-corrected chi connectivity index (χ4v) is 5.08. The van der Waals surface area contributed by atoms with Crippen LogP contribution < -0.4 is 15.4 Å². The van der Waals surface area contributed by atoms with Gasteiger partial charge < -0.3 is 4.74 Å². The predicted molar refractivity (Wildman–Crippen MR) is 132 cm³/mol. The molecule has 2 heterocycles. The maximum absolute atomic E-state index is 12.3. The van der Waals surface area contributed by atoms with Crippen molar-refractivity contribution in [2.45, 2.75) is 6.92 Å². The third-order valence-electron chi connectivity index (χ3n) is 5.01. The number of rotatable bonds is 5. The van der Waals surface area contributed by atoms with E-state index in [0.29, 0.717) is 15.8 Å². The largest absolute Gasteiger partial charge is 0.484 e. The molecule has 33 heavy (non-hydrogen) atoms. The molecule has 7 nitrogen and oxygen atoms in total. The van der Waals surface area contributed by atoms with Crippen LogP contribution in [0.4, 0.5) is 9.93 Å². The number of nitrogens with one attached hydrogen (secondary N) is 2. The van der Waals surface area contributed by atoms with Crippen molar-refractivity contribution in [2.24, 2.45) is 0 Å². The monoisotopic (exact) mass is 475 g/mol. The van der Waals surface area contributed by atoms with Gasteiger partial charge in [0.25, 0.3) is 17.1 Å². The van der Waals surface area contributed by atoms with Crippen LogP contribution >= 0.6 is 23.1 Å². The SMILES string of the molecule is Cc1cccc2sc(NC(=O)COc3ccc4cc(/C=C5/SC(=O)NC5=O)ccc4c3)nc12. The summed E-state index contributed by atoms with van der Waals surface area (Å²) in [5.41, 5.74) is 2.77. The third kappa shape index (κ3) is 4.59. The molecule has 1 fully saturated rings. The lowest BCUT2D eigenvalue weighted by Crippen LogP contribution is -2.20. The summed E-state index contributed by atoms with van der Waals surface area (Å²) in [6.07, 6.45) is 1.68. The van der Waals surface area contributed by atoms with E-state index >= 15 is 0 Å². The molecule has 164 valence electrons. The first-order valence-corrected chi connectivity index (χ1v) is 11.7. The summed E-state index contributed by atoms with van der Waals surface area (Å²) in [4.78, 5) is 40.2. The number of amides is 3. The van der Waals surface area contributed by atoms with Gasteiger partial charge in [-0.2, -0.15) is 0 Å². The Balaban J connectivity index is 1.25. The molecular formula is C24H17N3O4S2. The molecule has 4 aromatic rings. The number of thiazole rings is 1. The summed E-state index contributed by atoms with van der Waals surface area (Å²) in [5.74, 6) is -0.0935. The van der Waals surface area contributed by atoms with Crippen molar-refractivity contribution in [1.29, 1.82) is 0 Å². The van der Waals surface area contributed by atoms with Gasteiger partial charge in [-0.05, 0) is 70.9 Å². The number of fused-ring (bicyclic) bond motifs is 2. The van der Waals surface area contributed by atoms with Gasteiger partial charge in [-0.15, -0.1) is 0 Å². The van der Waals surface area contributed by atoms with E-state index in [1.807, 2.05) is 55.5 Å². The minimum atomic E-state index is -0.381. The highest BCUT2D eigenvalue weighted by molar-refractivity contribution is 8.18. The summed E-state index contributed by atoms with van der Waals surface area (Å²) < 4.78 is 6.69. The van der Waals surface area contributed by atoms with Crippen LogP contribution in [0.3, 0.4) is 0 Å². The molecule has 0 radical (unpaired) electrons. The number of para-hydroxylation sites is 1. The second kappa shape index (κ2) is 8.68. The average molecular weight is 476 g/mol. The topological polar surface area (TPSA) is 97.4 Å². The summed E-state index contributed by atoms with van der Waals surface area (Å²) in [5, 5.41) is 7.09. The minimum Gasteiger partial charge on any atom is -0.484 e. The maximum Gasteiger partial charge on any atom is 0.290 e. The lowest BCUT2D eigenvalue weighted by molar-refractivity contribution is -0.118. The number of benzene rings is 3. The highest BCUT2D eigenvalue weighted by atomic mass is 32.2. The standard InChI is InChI=1S/C24H17N3O4S2/c1-13-3-2-4-18-21(13)26-23(32-18)25-20(28)12-31-17-8-7-15-9-14(5-6-16(15)11-17)10-19-22(29)27-24(30)33-19/h2-11H,12H2,1H3,(H,25,26,28)(H,27,29,30)/b19-10+. The number of aryl methyl sites for hydroxylation is 1. The first kappa shape index (κ1) is 21.2. The van der Waals surface area contributed by atoms with Gasteiger partial charge in [-0.3, -0.25) is 25.0 Å². The number of aromatic nitrogens is 1. The van der Waals surface area contributed by atoms with Crippen molar-refractivity contribution in [3.05, 3.63) is 70.6 Å². The number of anilines is 1. The Hall–Kier alpha value is -3.69. The van der Waals surface area contributed by atoms with Crippen LogP contribution in [0.1, 0.15) is 11.1 Å². The highest BCUT2D eigenvalue weighted by Gasteiger charge is 2.24. The van der Waals surface area contributed by atoms with Gasteiger partial charge in [-0.1, -0.05) is 41.7 Å². The van der Waals surface area contributed by atoms with E-state index in [4.69, 9.17) is 4.74 Å². The molecule has 0 bridgehead atoms. The Kier molecular flexibility index (Phi) is 5.57. The van der Waals surface area contributed by atoms with Crippen LogP contribution in [0.5, 0.6) is 5.75 Å². The minimum absolute atomic E-state index is 0.134. The molecule has 0 unspecified atom stereocenters. The van der Waals surface area contributed by atoms with E-state index in [2.05, 4.69) is 15.6 Å². The van der Waals surface area contributed by atoms with E-state index in [1.165, 1.54) is 11.3 Å². The molecule has 3 amide bonds. The van der Waals surface area contributed by atoms with Crippen molar-refractivity contribution in [1.82, 2.24) is 10.3 Å². The van der Waals surface area contributed by atoms with Crippen molar-refractivity contribution < 1.29 is 19.1 Å². The molecule has 0 atom stereocenters. The van der Waals surface area contributed by atoms with Crippen LogP contribution in [0.25, 0.3) is 27.1 Å². The number of carbonyl (C=O) groups is 3. The summed E-state index contributed by atoms with van der Waals surface area (Å²) in [7, 11) is 0. The second-order valence-electron chi connectivity index (χ2n) is 7.40. The fraction of sp³-hybridized carbons (Fsp3) is 0.0833. The van der Waals surface area contributed by atoms with E-state index < -0.39 is 0 Å². The molecule has 0 aliphatic carbocycles. The third-order valence-corrected chi connectivity index (χ3v) is 6.76. The Morgan fingerprint density at radius 1 is 1.12 bits per heavy atom. The summed E-state index contributed by atoms with van der Waals surface area (Å²) >= 11 is 2.32. The zero-order valence-corrected chi connectivity index (χ0v) is 19.0. The Labute approximate surface area is 196 Å². The van der Waals surface area contributed by atoms with E-state index in [9.17, 15) is 14.4 Å². The van der Waals surface area contributed by atoms with Crippen LogP contribution in [0.2, 0.25) is 0 Å². The Morgan fingerprint density at radius 2 is 1.94 bits per heavy atom. The van der Waals surface area contributed by atoms with Gasteiger partial charge in [0.1, 0.15) is 5.75 Å². The predicted octanol–water partition coefficient (Wildman–Crippen LogP) is 5.10. The molecule has 1 saturated heterocycles. The smallest absolute Gasteiger partial charge is 0.290 e.